The third kappa shape index (κ3) is 112. The molecule has 0 aromatic heterocycles. The summed E-state index contributed by atoms with van der Waals surface area (Å²) in [6.07, 6.45) is 6.40. The van der Waals surface area contributed by atoms with Gasteiger partial charge in [0, 0.05) is 0 Å². The molecule has 0 saturated carbocycles. The van der Waals surface area contributed by atoms with Gasteiger partial charge in [0.1, 0.15) is 0 Å². The molecular weight excluding hydrogens is 422 g/mol. The van der Waals surface area contributed by atoms with Crippen molar-refractivity contribution in [3.8, 4) is 0 Å². The Kier molecular flexibility index (Phi) is 44.7. The molecule has 3 nitrogen and oxygen atoms in total. The van der Waals surface area contributed by atoms with Crippen LogP contribution in [0.25, 0.3) is 16.0 Å². The zero-order valence-corrected chi connectivity index (χ0v) is 25.9. The molecule has 29 heavy (non-hydrogen) atoms. The third-order valence-electron chi connectivity index (χ3n) is 1.82. The molecule has 0 aromatic rings. The van der Waals surface area contributed by atoms with E-state index in [9.17, 15) is 0 Å². The minimum atomic E-state index is -0.970. The topological polar surface area (TPSA) is 42.3 Å². The van der Waals surface area contributed by atoms with Gasteiger partial charge in [-0.05, 0) is 0 Å². The summed E-state index contributed by atoms with van der Waals surface area (Å²) in [5.41, 5.74) is 6.88. The Morgan fingerprint density at radius 3 is 0.897 bits per heavy atom. The van der Waals surface area contributed by atoms with Crippen molar-refractivity contribution < 1.29 is 21.7 Å². The van der Waals surface area contributed by atoms with E-state index in [4.69, 9.17) is 6.58 Å². The first-order valence-electron chi connectivity index (χ1n) is 9.63. The summed E-state index contributed by atoms with van der Waals surface area (Å²) in [7, 11) is 8.56. The second-order valence-corrected chi connectivity index (χ2v) is 18.9. The summed E-state index contributed by atoms with van der Waals surface area (Å²) < 4.78 is 0. The van der Waals surface area contributed by atoms with Crippen molar-refractivity contribution in [2.75, 3.05) is 42.3 Å². The molecule has 0 amide bonds. The van der Waals surface area contributed by atoms with Crippen molar-refractivity contribution >= 4 is 16.1 Å². The Morgan fingerprint density at radius 1 is 0.621 bits per heavy atom. The molecule has 0 unspecified atom stereocenters. The van der Waals surface area contributed by atoms with E-state index in [2.05, 4.69) is 78.8 Å². The van der Waals surface area contributed by atoms with Crippen LogP contribution in [0.5, 0.6) is 0 Å². The first-order valence-corrected chi connectivity index (χ1v) is 16.8. The molecule has 0 rings (SSSR count). The summed E-state index contributed by atoms with van der Waals surface area (Å²) >= 11 is 0. The van der Waals surface area contributed by atoms with E-state index in [1.165, 1.54) is 5.57 Å². The maximum atomic E-state index is 5.33. The molecule has 0 bridgehead atoms. The maximum Gasteiger partial charge on any atom is 4.00 e. The summed E-state index contributed by atoms with van der Waals surface area (Å²) in [6.45, 7) is 25.4. The Hall–Kier alpha value is -0.0119. The molecule has 0 spiro atoms. The Morgan fingerprint density at radius 2 is 0.828 bits per heavy atom. The number of hydrogen-bond donors (Lipinski definition) is 0. The second-order valence-electron chi connectivity index (χ2n) is 8.76. The van der Waals surface area contributed by atoms with Crippen molar-refractivity contribution in [1.29, 1.82) is 0 Å². The summed E-state index contributed by atoms with van der Waals surface area (Å²) in [5.74, 6) is 0. The van der Waals surface area contributed by atoms with Crippen molar-refractivity contribution in [3.63, 3.8) is 0 Å². The molecule has 170 valence electrons. The average Bonchev–Trinajstić information content (AvgIpc) is 2.43. The van der Waals surface area contributed by atoms with E-state index in [0.29, 0.717) is 0 Å². The molecule has 0 aliphatic carbocycles. The van der Waals surface area contributed by atoms with E-state index in [1.54, 1.807) is 42.3 Å². The predicted molar refractivity (Wildman–Crippen MR) is 144 cm³/mol. The van der Waals surface area contributed by atoms with Crippen LogP contribution >= 0.6 is 0 Å². The van der Waals surface area contributed by atoms with Crippen molar-refractivity contribution in [1.82, 2.24) is 0 Å². The van der Waals surface area contributed by atoms with Gasteiger partial charge in [-0.2, -0.15) is 47.9 Å². The van der Waals surface area contributed by atoms with Crippen LogP contribution in [-0.4, -0.2) is 58.4 Å². The zero-order valence-electron chi connectivity index (χ0n) is 22.3. The summed E-state index contributed by atoms with van der Waals surface area (Å²) in [4.78, 5) is 0. The Labute approximate surface area is 202 Å². The molecule has 6 heteroatoms. The van der Waals surface area contributed by atoms with Gasteiger partial charge in [0.2, 0.25) is 0 Å². The molecule has 0 N–H and O–H groups in total. The average molecular weight is 474 g/mol. The maximum absolute atomic E-state index is 5.33. The van der Waals surface area contributed by atoms with Crippen LogP contribution < -0.4 is 0 Å². The molecule has 0 atom stereocenters. The van der Waals surface area contributed by atoms with Crippen LogP contribution in [0, 0.1) is 6.58 Å². The normalized spacial score (nSPS) is 9.90. The van der Waals surface area contributed by atoms with Gasteiger partial charge in [0.05, 0.1) is 16.1 Å². The largest absolute Gasteiger partial charge is 4.00 e. The molecule has 0 fully saturated rings. The molecular formula is C23H51N3Si2Ti. The van der Waals surface area contributed by atoms with Gasteiger partial charge in [0.25, 0.3) is 0 Å². The van der Waals surface area contributed by atoms with Crippen molar-refractivity contribution in [2.45, 2.75) is 60.1 Å². The van der Waals surface area contributed by atoms with Gasteiger partial charge in [-0.3, -0.25) is 6.58 Å². The van der Waals surface area contributed by atoms with Crippen LogP contribution in [-0.2, 0) is 21.7 Å². The van der Waals surface area contributed by atoms with E-state index < -0.39 is 16.1 Å². The number of allylic oxidation sites excluding steroid dienone is 5. The van der Waals surface area contributed by atoms with Crippen LogP contribution in [0.15, 0.2) is 40.8 Å². The number of rotatable bonds is 4. The standard InChI is InChI=1S/C10H22Si2.C7H11.3C2H6N.Ti/c1-11(2,3)9-7-8-10-12(4,5)6;1-6(2)5-7(3)4;3*1-3-2;/h7-10H,1-6H3;1,5H,2-4H3;3*1-2H3;/q;4*-1;+4. The van der Waals surface area contributed by atoms with E-state index in [0.717, 1.165) is 5.57 Å². The van der Waals surface area contributed by atoms with Gasteiger partial charge in [-0.15, -0.1) is 0 Å². The second kappa shape index (κ2) is 30.2. The molecule has 0 radical (unpaired) electrons. The molecule has 0 aliphatic heterocycles. The predicted octanol–water partition coefficient (Wildman–Crippen LogP) is 8.04. The molecule has 0 aromatic carbocycles. The SMILES string of the molecule is C[N-]C.C[N-]C.C[N-]C.C[Si](C)(C)C=CC=C[Si](C)(C)C.[CH-]=C(C)C=C(C)C.[Ti+4]. The first kappa shape index (κ1) is 43.0. The fraction of sp³-hybridized carbons (Fsp3) is 0.652. The van der Waals surface area contributed by atoms with Crippen LogP contribution in [0.1, 0.15) is 20.8 Å². The fourth-order valence-electron chi connectivity index (χ4n) is 1.14. The Balaban J connectivity index is -0.0000000662. The van der Waals surface area contributed by atoms with Crippen LogP contribution in [0.2, 0.25) is 39.3 Å². The minimum absolute atomic E-state index is 0. The summed E-state index contributed by atoms with van der Waals surface area (Å²) in [5, 5.41) is 10.5. The Bertz CT molecular complexity index is 375. The first-order chi connectivity index (χ1) is 12.6. The number of nitrogens with zero attached hydrogens (tertiary/aromatic N) is 3. The van der Waals surface area contributed by atoms with Gasteiger partial charge >= 0.3 is 21.7 Å². The zero-order chi connectivity index (χ0) is 23.8. The van der Waals surface area contributed by atoms with E-state index in [1.807, 2.05) is 26.8 Å². The van der Waals surface area contributed by atoms with Gasteiger partial charge < -0.3 is 16.0 Å². The quantitative estimate of drug-likeness (QED) is 0.225. The van der Waals surface area contributed by atoms with Crippen LogP contribution in [0.4, 0.5) is 0 Å². The smallest absolute Gasteiger partial charge is 0.668 e. The monoisotopic (exact) mass is 473 g/mol. The van der Waals surface area contributed by atoms with Gasteiger partial charge in [-0.1, -0.05) is 83.6 Å². The van der Waals surface area contributed by atoms with Crippen molar-refractivity contribution in [3.05, 3.63) is 63.3 Å². The molecule has 0 saturated heterocycles. The number of hydrogen-bond acceptors (Lipinski definition) is 0. The third-order valence-corrected chi connectivity index (χ3v) is 4.20. The van der Waals surface area contributed by atoms with Crippen molar-refractivity contribution in [2.24, 2.45) is 0 Å². The van der Waals surface area contributed by atoms with E-state index in [-0.39, 0.29) is 21.7 Å². The van der Waals surface area contributed by atoms with Gasteiger partial charge in [0.15, 0.2) is 0 Å². The fourth-order valence-corrected chi connectivity index (χ4v) is 2.52. The molecule has 0 aliphatic rings. The van der Waals surface area contributed by atoms with E-state index >= 15 is 0 Å². The minimum Gasteiger partial charge on any atom is -0.668 e. The van der Waals surface area contributed by atoms with Crippen LogP contribution in [0.3, 0.4) is 0 Å². The molecule has 0 heterocycles. The summed E-state index contributed by atoms with van der Waals surface area (Å²) in [6, 6.07) is 0. The van der Waals surface area contributed by atoms with Gasteiger partial charge in [-0.25, -0.2) is 11.6 Å².